The van der Waals surface area contributed by atoms with Gasteiger partial charge in [-0.3, -0.25) is 4.98 Å². The molecule has 4 aromatic rings. The van der Waals surface area contributed by atoms with Crippen LogP contribution in [-0.4, -0.2) is 20.2 Å². The molecule has 0 amide bonds. The van der Waals surface area contributed by atoms with Crippen molar-refractivity contribution in [1.29, 1.82) is 0 Å². The van der Waals surface area contributed by atoms with Gasteiger partial charge in [0.2, 0.25) is 5.89 Å². The van der Waals surface area contributed by atoms with E-state index in [9.17, 15) is 0 Å². The van der Waals surface area contributed by atoms with E-state index in [1.54, 1.807) is 12.4 Å². The Labute approximate surface area is 143 Å². The summed E-state index contributed by atoms with van der Waals surface area (Å²) in [6, 6.07) is 11.9. The lowest BCUT2D eigenvalue weighted by molar-refractivity contribution is 0.585. The smallest absolute Gasteiger partial charge is 0.260 e. The summed E-state index contributed by atoms with van der Waals surface area (Å²) in [5.74, 6) is 1.01. The molecule has 24 heavy (non-hydrogen) atoms. The van der Waals surface area contributed by atoms with Gasteiger partial charge >= 0.3 is 0 Å². The van der Waals surface area contributed by atoms with E-state index in [0.717, 1.165) is 32.3 Å². The van der Waals surface area contributed by atoms with Crippen LogP contribution in [0.15, 0.2) is 53.2 Å². The molecule has 3 aromatic heterocycles. The largest absolute Gasteiger partial charge is 0.415 e. The third-order valence-corrected chi connectivity index (χ3v) is 4.78. The number of rotatable bonds is 3. The summed E-state index contributed by atoms with van der Waals surface area (Å²) in [5.41, 5.74) is 3.93. The quantitative estimate of drug-likeness (QED) is 0.550. The van der Waals surface area contributed by atoms with Gasteiger partial charge in [-0.25, -0.2) is 4.98 Å². The van der Waals surface area contributed by atoms with Crippen molar-refractivity contribution in [3.63, 3.8) is 0 Å². The summed E-state index contributed by atoms with van der Waals surface area (Å²) < 4.78 is 5.87. The van der Waals surface area contributed by atoms with Gasteiger partial charge in [-0.1, -0.05) is 17.7 Å². The molecular weight excluding hydrogens is 320 g/mol. The summed E-state index contributed by atoms with van der Waals surface area (Å²) in [6.07, 6.45) is 3.55. The summed E-state index contributed by atoms with van der Waals surface area (Å²) in [7, 11) is 0. The van der Waals surface area contributed by atoms with Crippen LogP contribution < -0.4 is 0 Å². The van der Waals surface area contributed by atoms with Crippen LogP contribution >= 0.6 is 11.3 Å². The first-order valence-corrected chi connectivity index (χ1v) is 8.31. The Bertz CT molecular complexity index is 991. The minimum Gasteiger partial charge on any atom is -0.415 e. The van der Waals surface area contributed by atoms with Crippen LogP contribution in [0.4, 0.5) is 0 Å². The van der Waals surface area contributed by atoms with Crippen LogP contribution in [0.5, 0.6) is 0 Å². The summed E-state index contributed by atoms with van der Waals surface area (Å²) in [4.78, 5) is 9.63. The average molecular weight is 334 g/mol. The predicted molar refractivity (Wildman–Crippen MR) is 93.5 cm³/mol. The molecule has 0 radical (unpaired) electrons. The van der Waals surface area contributed by atoms with E-state index in [4.69, 9.17) is 4.42 Å². The first-order valence-electron chi connectivity index (χ1n) is 7.49. The highest BCUT2D eigenvalue weighted by Crippen LogP contribution is 2.35. The number of benzene rings is 1. The van der Waals surface area contributed by atoms with Crippen molar-refractivity contribution >= 4 is 11.3 Å². The second-order valence-electron chi connectivity index (χ2n) is 5.46. The summed E-state index contributed by atoms with van der Waals surface area (Å²) >= 11 is 1.53. The fraction of sp³-hybridized carbons (Fsp3) is 0.111. The number of nitrogens with zero attached hydrogens (tertiary/aromatic N) is 4. The number of aromatic nitrogens is 4. The standard InChI is InChI=1S/C18H14N4OS/c1-11-5-3-6-13(9-11)16-21-22-17(23-16)15-12(2)20-18(24-15)14-7-4-8-19-10-14/h3-10H,1-2H3. The van der Waals surface area contributed by atoms with Gasteiger partial charge in [-0.15, -0.1) is 21.5 Å². The summed E-state index contributed by atoms with van der Waals surface area (Å²) in [6.45, 7) is 3.98. The van der Waals surface area contributed by atoms with Crippen LogP contribution in [0.3, 0.4) is 0 Å². The average Bonchev–Trinajstić information content (AvgIpc) is 3.22. The third-order valence-electron chi connectivity index (χ3n) is 3.59. The van der Waals surface area contributed by atoms with Crippen LogP contribution in [0, 0.1) is 13.8 Å². The molecule has 0 saturated heterocycles. The summed E-state index contributed by atoms with van der Waals surface area (Å²) in [5, 5.41) is 9.27. The van der Waals surface area contributed by atoms with Crippen molar-refractivity contribution in [3.8, 4) is 32.8 Å². The molecule has 118 valence electrons. The van der Waals surface area contributed by atoms with Gasteiger partial charge in [0.1, 0.15) is 9.88 Å². The van der Waals surface area contributed by atoms with Crippen LogP contribution in [-0.2, 0) is 0 Å². The van der Waals surface area contributed by atoms with E-state index < -0.39 is 0 Å². The minimum atomic E-state index is 0.497. The zero-order valence-electron chi connectivity index (χ0n) is 13.2. The molecule has 0 aliphatic heterocycles. The van der Waals surface area contributed by atoms with Gasteiger partial charge in [0, 0.05) is 23.5 Å². The number of hydrogen-bond acceptors (Lipinski definition) is 6. The fourth-order valence-electron chi connectivity index (χ4n) is 2.42. The molecule has 0 aliphatic rings. The fourth-order valence-corrected chi connectivity index (χ4v) is 3.39. The first-order chi connectivity index (χ1) is 11.7. The molecule has 0 unspecified atom stereocenters. The zero-order valence-corrected chi connectivity index (χ0v) is 14.0. The lowest BCUT2D eigenvalue weighted by atomic mass is 10.1. The highest BCUT2D eigenvalue weighted by atomic mass is 32.1. The van der Waals surface area contributed by atoms with Gasteiger partial charge in [-0.2, -0.15) is 0 Å². The SMILES string of the molecule is Cc1cccc(-c2nnc(-c3sc(-c4cccnc4)nc3C)o2)c1. The van der Waals surface area contributed by atoms with Gasteiger partial charge in [0.05, 0.1) is 5.69 Å². The minimum absolute atomic E-state index is 0.497. The van der Waals surface area contributed by atoms with Gasteiger partial charge in [0.15, 0.2) is 0 Å². The van der Waals surface area contributed by atoms with E-state index in [-0.39, 0.29) is 0 Å². The zero-order chi connectivity index (χ0) is 16.5. The molecule has 6 heteroatoms. The van der Waals surface area contributed by atoms with E-state index in [1.807, 2.05) is 50.2 Å². The Morgan fingerprint density at radius 1 is 0.958 bits per heavy atom. The first kappa shape index (κ1) is 14.7. The molecule has 5 nitrogen and oxygen atoms in total. The number of pyridine rings is 1. The topological polar surface area (TPSA) is 64.7 Å². The number of hydrogen-bond donors (Lipinski definition) is 0. The third kappa shape index (κ3) is 2.72. The Morgan fingerprint density at radius 2 is 1.79 bits per heavy atom. The Kier molecular flexibility index (Phi) is 3.66. The molecule has 0 N–H and O–H groups in total. The van der Waals surface area contributed by atoms with Gasteiger partial charge < -0.3 is 4.42 Å². The second kappa shape index (κ2) is 5.98. The maximum absolute atomic E-state index is 5.87. The molecule has 4 rings (SSSR count). The second-order valence-corrected chi connectivity index (χ2v) is 6.46. The molecule has 0 bridgehead atoms. The Morgan fingerprint density at radius 3 is 2.58 bits per heavy atom. The maximum Gasteiger partial charge on any atom is 0.260 e. The highest BCUT2D eigenvalue weighted by molar-refractivity contribution is 7.18. The number of aryl methyl sites for hydroxylation is 2. The molecule has 0 atom stereocenters. The molecule has 0 fully saturated rings. The number of thiazole rings is 1. The molecule has 0 aliphatic carbocycles. The Hall–Kier alpha value is -2.86. The molecule has 0 saturated carbocycles. The van der Waals surface area contributed by atoms with Crippen molar-refractivity contribution in [2.75, 3.05) is 0 Å². The molecule has 1 aromatic carbocycles. The van der Waals surface area contributed by atoms with E-state index in [2.05, 4.69) is 20.2 Å². The Balaban J connectivity index is 1.72. The lowest BCUT2D eigenvalue weighted by Gasteiger charge is -1.95. The van der Waals surface area contributed by atoms with E-state index in [1.165, 1.54) is 11.3 Å². The van der Waals surface area contributed by atoms with Crippen LogP contribution in [0.2, 0.25) is 0 Å². The molecular formula is C18H14N4OS. The van der Waals surface area contributed by atoms with E-state index in [0.29, 0.717) is 11.8 Å². The van der Waals surface area contributed by atoms with Crippen molar-refractivity contribution in [2.24, 2.45) is 0 Å². The van der Waals surface area contributed by atoms with Crippen molar-refractivity contribution < 1.29 is 4.42 Å². The van der Waals surface area contributed by atoms with Gasteiger partial charge in [0.25, 0.3) is 5.89 Å². The monoisotopic (exact) mass is 334 g/mol. The molecule has 0 spiro atoms. The van der Waals surface area contributed by atoms with Crippen LogP contribution in [0.1, 0.15) is 11.3 Å². The van der Waals surface area contributed by atoms with Crippen molar-refractivity contribution in [3.05, 3.63) is 60.0 Å². The van der Waals surface area contributed by atoms with E-state index >= 15 is 0 Å². The van der Waals surface area contributed by atoms with Gasteiger partial charge in [-0.05, 0) is 38.1 Å². The van der Waals surface area contributed by atoms with Crippen molar-refractivity contribution in [1.82, 2.24) is 20.2 Å². The van der Waals surface area contributed by atoms with Crippen LogP contribution in [0.25, 0.3) is 32.8 Å². The molecule has 3 heterocycles. The highest BCUT2D eigenvalue weighted by Gasteiger charge is 2.17. The maximum atomic E-state index is 5.87. The normalized spacial score (nSPS) is 10.9. The van der Waals surface area contributed by atoms with Crippen molar-refractivity contribution in [2.45, 2.75) is 13.8 Å². The lowest BCUT2D eigenvalue weighted by Crippen LogP contribution is -1.79. The predicted octanol–water partition coefficient (Wildman–Crippen LogP) is 4.54.